The van der Waals surface area contributed by atoms with Crippen LogP contribution >= 0.6 is 22.9 Å². The van der Waals surface area contributed by atoms with Crippen LogP contribution in [0.3, 0.4) is 0 Å². The minimum atomic E-state index is -0.203. The highest BCUT2D eigenvalue weighted by Crippen LogP contribution is 2.21. The first-order valence-corrected chi connectivity index (χ1v) is 7.50. The summed E-state index contributed by atoms with van der Waals surface area (Å²) in [4.78, 5) is 19.5. The van der Waals surface area contributed by atoms with E-state index in [1.807, 2.05) is 31.4 Å². The second-order valence-electron chi connectivity index (χ2n) is 4.67. The van der Waals surface area contributed by atoms with E-state index in [0.29, 0.717) is 11.6 Å². The van der Waals surface area contributed by atoms with Gasteiger partial charge in [0.1, 0.15) is 11.5 Å². The van der Waals surface area contributed by atoms with Crippen LogP contribution in [0.1, 0.15) is 29.2 Å². The van der Waals surface area contributed by atoms with Gasteiger partial charge in [0.05, 0.1) is 11.6 Å². The van der Waals surface area contributed by atoms with Crippen molar-refractivity contribution in [1.82, 2.24) is 9.88 Å². The quantitative estimate of drug-likeness (QED) is 0.941. The van der Waals surface area contributed by atoms with Gasteiger partial charge in [-0.3, -0.25) is 4.79 Å². The van der Waals surface area contributed by atoms with Crippen molar-refractivity contribution in [1.29, 1.82) is 0 Å². The van der Waals surface area contributed by atoms with Crippen molar-refractivity contribution in [2.24, 2.45) is 0 Å². The molecule has 0 atom stereocenters. The lowest BCUT2D eigenvalue weighted by Crippen LogP contribution is -2.36. The maximum atomic E-state index is 12.6. The fourth-order valence-electron chi connectivity index (χ4n) is 1.80. The third kappa shape index (κ3) is 3.29. The van der Waals surface area contributed by atoms with Gasteiger partial charge < -0.3 is 10.6 Å². The molecule has 2 aromatic heterocycles. The molecule has 2 N–H and O–H groups in total. The molecule has 2 heterocycles. The number of thiophene rings is 1. The maximum Gasteiger partial charge on any atom is 0.274 e. The molecule has 0 unspecified atom stereocenters. The number of pyridine rings is 1. The van der Waals surface area contributed by atoms with E-state index in [1.54, 1.807) is 28.4 Å². The van der Waals surface area contributed by atoms with Gasteiger partial charge in [0, 0.05) is 10.9 Å². The number of carbonyl (C=O) groups is 1. The standard InChI is InChI=1S/C14H16ClN3OS/c1-9(2)18(8-10-4-3-7-20-10)14(19)13-11(15)5-6-12(16)17-13/h3-7,9H,8H2,1-2H3,(H2,16,17). The normalized spacial score (nSPS) is 10.8. The Balaban J connectivity index is 2.29. The van der Waals surface area contributed by atoms with Gasteiger partial charge >= 0.3 is 0 Å². The maximum absolute atomic E-state index is 12.6. The van der Waals surface area contributed by atoms with Crippen molar-refractivity contribution >= 4 is 34.7 Å². The smallest absolute Gasteiger partial charge is 0.274 e. The van der Waals surface area contributed by atoms with Crippen LogP contribution in [0, 0.1) is 0 Å². The molecule has 0 saturated heterocycles. The number of nitrogen functional groups attached to an aromatic ring is 1. The molecule has 2 aromatic rings. The summed E-state index contributed by atoms with van der Waals surface area (Å²) in [6.45, 7) is 4.47. The SMILES string of the molecule is CC(C)N(Cc1cccs1)C(=O)c1nc(N)ccc1Cl. The summed E-state index contributed by atoms with van der Waals surface area (Å²) in [7, 11) is 0. The van der Waals surface area contributed by atoms with Gasteiger partial charge in [-0.15, -0.1) is 11.3 Å². The van der Waals surface area contributed by atoms with E-state index < -0.39 is 0 Å². The number of hydrogen-bond donors (Lipinski definition) is 1. The molecule has 0 spiro atoms. The third-order valence-electron chi connectivity index (χ3n) is 2.86. The Labute approximate surface area is 127 Å². The molecule has 2 rings (SSSR count). The zero-order chi connectivity index (χ0) is 14.7. The monoisotopic (exact) mass is 309 g/mol. The molecule has 4 nitrogen and oxygen atoms in total. The van der Waals surface area contributed by atoms with Crippen LogP contribution in [-0.2, 0) is 6.54 Å². The Bertz CT molecular complexity index is 598. The molecule has 0 aromatic carbocycles. The van der Waals surface area contributed by atoms with Gasteiger partial charge in [0.2, 0.25) is 0 Å². The molecular formula is C14H16ClN3OS. The summed E-state index contributed by atoms with van der Waals surface area (Å²) in [5, 5.41) is 2.31. The number of carbonyl (C=O) groups excluding carboxylic acids is 1. The molecule has 106 valence electrons. The highest BCUT2D eigenvalue weighted by Gasteiger charge is 2.23. The van der Waals surface area contributed by atoms with Crippen molar-refractivity contribution in [2.75, 3.05) is 5.73 Å². The summed E-state index contributed by atoms with van der Waals surface area (Å²) >= 11 is 7.68. The average Bonchev–Trinajstić information content (AvgIpc) is 2.90. The summed E-state index contributed by atoms with van der Waals surface area (Å²) < 4.78 is 0. The molecule has 20 heavy (non-hydrogen) atoms. The summed E-state index contributed by atoms with van der Waals surface area (Å²) in [6.07, 6.45) is 0. The summed E-state index contributed by atoms with van der Waals surface area (Å²) in [5.74, 6) is 0.0864. The summed E-state index contributed by atoms with van der Waals surface area (Å²) in [6, 6.07) is 7.19. The number of amides is 1. The van der Waals surface area contributed by atoms with Gasteiger partial charge in [-0.25, -0.2) is 4.98 Å². The molecule has 0 aliphatic carbocycles. The third-order valence-corrected chi connectivity index (χ3v) is 4.03. The van der Waals surface area contributed by atoms with Crippen molar-refractivity contribution in [3.05, 3.63) is 45.2 Å². The van der Waals surface area contributed by atoms with E-state index in [0.717, 1.165) is 4.88 Å². The van der Waals surface area contributed by atoms with Crippen LogP contribution in [0.15, 0.2) is 29.6 Å². The summed E-state index contributed by atoms with van der Waals surface area (Å²) in [5.41, 5.74) is 5.84. The lowest BCUT2D eigenvalue weighted by molar-refractivity contribution is 0.0686. The predicted octanol–water partition coefficient (Wildman–Crippen LogP) is 3.43. The van der Waals surface area contributed by atoms with E-state index in [-0.39, 0.29) is 23.5 Å². The van der Waals surface area contributed by atoms with Crippen molar-refractivity contribution in [3.63, 3.8) is 0 Å². The zero-order valence-electron chi connectivity index (χ0n) is 11.3. The predicted molar refractivity (Wildman–Crippen MR) is 83.0 cm³/mol. The Morgan fingerprint density at radius 2 is 2.20 bits per heavy atom. The topological polar surface area (TPSA) is 59.2 Å². The molecule has 0 bridgehead atoms. The fraction of sp³-hybridized carbons (Fsp3) is 0.286. The van der Waals surface area contributed by atoms with Gasteiger partial charge in [-0.1, -0.05) is 17.7 Å². The average molecular weight is 310 g/mol. The number of aromatic nitrogens is 1. The first-order valence-electron chi connectivity index (χ1n) is 6.24. The first-order chi connectivity index (χ1) is 9.49. The molecule has 0 aliphatic rings. The van der Waals surface area contributed by atoms with E-state index in [9.17, 15) is 4.79 Å². The van der Waals surface area contributed by atoms with Crippen LogP contribution in [0.2, 0.25) is 5.02 Å². The Kier molecular flexibility index (Phi) is 4.62. The second kappa shape index (κ2) is 6.24. The number of halogens is 1. The largest absolute Gasteiger partial charge is 0.384 e. The number of nitrogens with two attached hydrogens (primary N) is 1. The molecule has 0 fully saturated rings. The van der Waals surface area contributed by atoms with Gasteiger partial charge in [0.25, 0.3) is 5.91 Å². The van der Waals surface area contributed by atoms with E-state index >= 15 is 0 Å². The Morgan fingerprint density at radius 3 is 2.80 bits per heavy atom. The van der Waals surface area contributed by atoms with E-state index in [4.69, 9.17) is 17.3 Å². The second-order valence-corrected chi connectivity index (χ2v) is 6.11. The first kappa shape index (κ1) is 14.8. The number of anilines is 1. The molecule has 0 aliphatic heterocycles. The highest BCUT2D eigenvalue weighted by molar-refractivity contribution is 7.09. The van der Waals surface area contributed by atoms with E-state index in [2.05, 4.69) is 4.98 Å². The highest BCUT2D eigenvalue weighted by atomic mass is 35.5. The fourth-order valence-corrected chi connectivity index (χ4v) is 2.69. The Morgan fingerprint density at radius 1 is 1.45 bits per heavy atom. The minimum Gasteiger partial charge on any atom is -0.384 e. The van der Waals surface area contributed by atoms with Crippen LogP contribution in [0.4, 0.5) is 5.82 Å². The molecule has 6 heteroatoms. The molecule has 0 radical (unpaired) electrons. The zero-order valence-corrected chi connectivity index (χ0v) is 12.9. The van der Waals surface area contributed by atoms with Gasteiger partial charge in [-0.05, 0) is 37.4 Å². The van der Waals surface area contributed by atoms with Crippen molar-refractivity contribution < 1.29 is 4.79 Å². The van der Waals surface area contributed by atoms with E-state index in [1.165, 1.54) is 0 Å². The molecular weight excluding hydrogens is 294 g/mol. The number of hydrogen-bond acceptors (Lipinski definition) is 4. The lowest BCUT2D eigenvalue weighted by atomic mass is 10.2. The van der Waals surface area contributed by atoms with Crippen molar-refractivity contribution in [2.45, 2.75) is 26.4 Å². The number of nitrogens with zero attached hydrogens (tertiary/aromatic N) is 2. The minimum absolute atomic E-state index is 0.0453. The molecule has 1 amide bonds. The van der Waals surface area contributed by atoms with Crippen LogP contribution < -0.4 is 5.73 Å². The van der Waals surface area contributed by atoms with Crippen LogP contribution in [-0.4, -0.2) is 21.8 Å². The lowest BCUT2D eigenvalue weighted by Gasteiger charge is -2.26. The van der Waals surface area contributed by atoms with Crippen LogP contribution in [0.25, 0.3) is 0 Å². The number of rotatable bonds is 4. The van der Waals surface area contributed by atoms with Gasteiger partial charge in [-0.2, -0.15) is 0 Å². The molecule has 0 saturated carbocycles. The van der Waals surface area contributed by atoms with Gasteiger partial charge in [0.15, 0.2) is 0 Å². The Hall–Kier alpha value is -1.59. The van der Waals surface area contributed by atoms with Crippen molar-refractivity contribution in [3.8, 4) is 0 Å². The van der Waals surface area contributed by atoms with Crippen LogP contribution in [0.5, 0.6) is 0 Å².